The van der Waals surface area contributed by atoms with Crippen LogP contribution in [0.3, 0.4) is 0 Å². The first-order valence-corrected chi connectivity index (χ1v) is 11.4. The lowest BCUT2D eigenvalue weighted by atomic mass is 9.90. The Morgan fingerprint density at radius 3 is 1.84 bits per heavy atom. The van der Waals surface area contributed by atoms with Crippen LogP contribution in [-0.4, -0.2) is 29.9 Å². The Hall–Kier alpha value is -1.95. The lowest BCUT2D eigenvalue weighted by molar-refractivity contribution is -0.127. The Bertz CT molecular complexity index is 576. The number of nitrogens with two attached hydrogens (primary N) is 1. The molecular weight excluding hydrogens is 388 g/mol. The number of hydrogen-bond donors (Lipinski definition) is 3. The van der Waals surface area contributed by atoms with Crippen molar-refractivity contribution in [1.82, 2.24) is 15.6 Å². The summed E-state index contributed by atoms with van der Waals surface area (Å²) in [6.45, 7) is 14.2. The second-order valence-electron chi connectivity index (χ2n) is 8.40. The maximum absolute atomic E-state index is 12.0. The van der Waals surface area contributed by atoms with E-state index in [1.807, 2.05) is 18.2 Å². The molecule has 6 nitrogen and oxygen atoms in total. The summed E-state index contributed by atoms with van der Waals surface area (Å²) in [5, 5.41) is 5.80. The van der Waals surface area contributed by atoms with Gasteiger partial charge in [-0.1, -0.05) is 67.9 Å². The number of nitrogens with one attached hydrogen (secondary N) is 2. The van der Waals surface area contributed by atoms with E-state index < -0.39 is 0 Å². The molecule has 0 fully saturated rings. The summed E-state index contributed by atoms with van der Waals surface area (Å²) >= 11 is 0. The maximum atomic E-state index is 12.0. The molecule has 31 heavy (non-hydrogen) atoms. The van der Waals surface area contributed by atoms with E-state index in [-0.39, 0.29) is 31.1 Å². The van der Waals surface area contributed by atoms with Crippen LogP contribution >= 0.6 is 0 Å². The highest BCUT2D eigenvalue weighted by molar-refractivity contribution is 5.79. The predicted molar refractivity (Wildman–Crippen MR) is 131 cm³/mol. The molecule has 0 saturated heterocycles. The van der Waals surface area contributed by atoms with Crippen LogP contribution in [0.25, 0.3) is 0 Å². The zero-order chi connectivity index (χ0) is 22.9. The standard InChI is InChI=1S/C14H22N2O.C10H22N2O.CH4/c1-4-7-13(11(2)3)14(17)16-10-12-8-5-6-9-15-12;1-4-5-9(8(2)3)10(13)12-7-6-11;/h5-6,8-9,11,13H,4,7,10H2,1-3H3,(H,16,17);8-9H,4-7,11H2,1-3H3,(H,12,13);1H4/t13-;9-;/m00./s1. The lowest BCUT2D eigenvalue weighted by Crippen LogP contribution is -2.36. The van der Waals surface area contributed by atoms with Crippen molar-refractivity contribution in [3.8, 4) is 0 Å². The number of nitrogens with zero attached hydrogens (tertiary/aromatic N) is 1. The molecule has 4 N–H and O–H groups in total. The molecule has 0 unspecified atom stereocenters. The van der Waals surface area contributed by atoms with Gasteiger partial charge in [0.1, 0.15) is 0 Å². The smallest absolute Gasteiger partial charge is 0.223 e. The summed E-state index contributed by atoms with van der Waals surface area (Å²) in [4.78, 5) is 27.8. The molecule has 180 valence electrons. The minimum absolute atomic E-state index is 0. The van der Waals surface area contributed by atoms with E-state index in [0.717, 1.165) is 31.4 Å². The van der Waals surface area contributed by atoms with Crippen molar-refractivity contribution in [3.63, 3.8) is 0 Å². The third kappa shape index (κ3) is 13.9. The van der Waals surface area contributed by atoms with Gasteiger partial charge in [0.15, 0.2) is 0 Å². The summed E-state index contributed by atoms with van der Waals surface area (Å²) in [5.41, 5.74) is 6.21. The largest absolute Gasteiger partial charge is 0.355 e. The highest BCUT2D eigenvalue weighted by atomic mass is 16.2. The minimum atomic E-state index is 0. The summed E-state index contributed by atoms with van der Waals surface area (Å²) in [5.74, 6) is 1.37. The summed E-state index contributed by atoms with van der Waals surface area (Å²) in [6, 6.07) is 5.73. The zero-order valence-electron chi connectivity index (χ0n) is 19.9. The van der Waals surface area contributed by atoms with Crippen molar-refractivity contribution in [2.24, 2.45) is 29.4 Å². The molecule has 0 aliphatic heterocycles. The summed E-state index contributed by atoms with van der Waals surface area (Å²) < 4.78 is 0. The van der Waals surface area contributed by atoms with E-state index in [2.05, 4.69) is 57.2 Å². The molecule has 0 saturated carbocycles. The molecule has 2 atom stereocenters. The molecule has 2 amide bonds. The molecule has 0 radical (unpaired) electrons. The van der Waals surface area contributed by atoms with Gasteiger partial charge < -0.3 is 16.4 Å². The number of aromatic nitrogens is 1. The SMILES string of the molecule is C.CCC[C@H](C(=O)NCCN)C(C)C.CCC[C@H](C(=O)NCc1ccccn1)C(C)C. The van der Waals surface area contributed by atoms with Crippen LogP contribution < -0.4 is 16.4 Å². The minimum Gasteiger partial charge on any atom is -0.355 e. The molecule has 1 rings (SSSR count). The van der Waals surface area contributed by atoms with Crippen LogP contribution in [0.5, 0.6) is 0 Å². The van der Waals surface area contributed by atoms with Gasteiger partial charge in [0.2, 0.25) is 11.8 Å². The highest BCUT2D eigenvalue weighted by Gasteiger charge is 2.21. The van der Waals surface area contributed by atoms with Crippen LogP contribution in [0, 0.1) is 23.7 Å². The van der Waals surface area contributed by atoms with Crippen LogP contribution in [-0.2, 0) is 16.1 Å². The Kier molecular flexibility index (Phi) is 18.9. The van der Waals surface area contributed by atoms with E-state index >= 15 is 0 Å². The third-order valence-corrected chi connectivity index (χ3v) is 5.10. The molecule has 0 aromatic carbocycles. The van der Waals surface area contributed by atoms with E-state index in [1.165, 1.54) is 0 Å². The van der Waals surface area contributed by atoms with Crippen LogP contribution in [0.15, 0.2) is 24.4 Å². The van der Waals surface area contributed by atoms with E-state index in [4.69, 9.17) is 5.73 Å². The Labute approximate surface area is 191 Å². The van der Waals surface area contributed by atoms with Gasteiger partial charge in [-0.3, -0.25) is 14.6 Å². The van der Waals surface area contributed by atoms with Crippen molar-refractivity contribution in [2.75, 3.05) is 13.1 Å². The van der Waals surface area contributed by atoms with Gasteiger partial charge in [0.25, 0.3) is 0 Å². The second kappa shape index (κ2) is 18.8. The van der Waals surface area contributed by atoms with Gasteiger partial charge in [0.05, 0.1) is 12.2 Å². The topological polar surface area (TPSA) is 97.1 Å². The molecule has 1 aromatic rings. The van der Waals surface area contributed by atoms with Gasteiger partial charge in [-0.2, -0.15) is 0 Å². The van der Waals surface area contributed by atoms with E-state index in [1.54, 1.807) is 6.20 Å². The fourth-order valence-corrected chi connectivity index (χ4v) is 3.29. The summed E-state index contributed by atoms with van der Waals surface area (Å²) in [7, 11) is 0. The first-order valence-electron chi connectivity index (χ1n) is 11.4. The lowest BCUT2D eigenvalue weighted by Gasteiger charge is -2.19. The summed E-state index contributed by atoms with van der Waals surface area (Å²) in [6.07, 6.45) is 5.76. The third-order valence-electron chi connectivity index (χ3n) is 5.10. The Morgan fingerprint density at radius 1 is 0.935 bits per heavy atom. The van der Waals surface area contributed by atoms with E-state index in [9.17, 15) is 9.59 Å². The molecule has 6 heteroatoms. The van der Waals surface area contributed by atoms with Crippen molar-refractivity contribution in [1.29, 1.82) is 0 Å². The van der Waals surface area contributed by atoms with Crippen LogP contribution in [0.4, 0.5) is 0 Å². The first-order chi connectivity index (χ1) is 14.3. The molecular formula is C25H48N4O2. The first kappa shape index (κ1) is 31.2. The fourth-order valence-electron chi connectivity index (χ4n) is 3.29. The highest BCUT2D eigenvalue weighted by Crippen LogP contribution is 2.17. The van der Waals surface area contributed by atoms with Crippen LogP contribution in [0.2, 0.25) is 0 Å². The average Bonchev–Trinajstić information content (AvgIpc) is 2.73. The van der Waals surface area contributed by atoms with Crippen molar-refractivity contribution >= 4 is 11.8 Å². The predicted octanol–water partition coefficient (Wildman–Crippen LogP) is 4.54. The fraction of sp³-hybridized carbons (Fsp3) is 0.720. The van der Waals surface area contributed by atoms with Gasteiger partial charge in [-0.15, -0.1) is 0 Å². The quantitative estimate of drug-likeness (QED) is 0.448. The molecule has 1 heterocycles. The molecule has 1 aromatic heterocycles. The van der Waals surface area contributed by atoms with Gasteiger partial charge >= 0.3 is 0 Å². The Balaban J connectivity index is 0. The maximum Gasteiger partial charge on any atom is 0.223 e. The zero-order valence-corrected chi connectivity index (χ0v) is 19.9. The van der Waals surface area contributed by atoms with Gasteiger partial charge in [-0.05, 0) is 36.8 Å². The van der Waals surface area contributed by atoms with Crippen LogP contribution in [0.1, 0.15) is 80.3 Å². The number of hydrogen-bond acceptors (Lipinski definition) is 4. The van der Waals surface area contributed by atoms with Gasteiger partial charge in [0, 0.05) is 31.1 Å². The second-order valence-corrected chi connectivity index (χ2v) is 8.40. The number of rotatable bonds is 12. The molecule has 0 aliphatic rings. The monoisotopic (exact) mass is 436 g/mol. The molecule has 0 spiro atoms. The van der Waals surface area contributed by atoms with E-state index in [0.29, 0.717) is 31.5 Å². The normalized spacial score (nSPS) is 12.3. The number of carbonyl (C=O) groups excluding carboxylic acids is 2. The number of pyridine rings is 1. The Morgan fingerprint density at radius 2 is 1.45 bits per heavy atom. The number of carbonyl (C=O) groups is 2. The van der Waals surface area contributed by atoms with Gasteiger partial charge in [-0.25, -0.2) is 0 Å². The molecule has 0 aliphatic carbocycles. The molecule has 0 bridgehead atoms. The average molecular weight is 437 g/mol. The number of amides is 2. The van der Waals surface area contributed by atoms with Crippen molar-refractivity contribution in [2.45, 2.75) is 81.2 Å². The van der Waals surface area contributed by atoms with Crippen molar-refractivity contribution < 1.29 is 9.59 Å². The van der Waals surface area contributed by atoms with Crippen molar-refractivity contribution in [3.05, 3.63) is 30.1 Å².